The van der Waals surface area contributed by atoms with Gasteiger partial charge in [0.15, 0.2) is 0 Å². The van der Waals surface area contributed by atoms with E-state index in [1.54, 1.807) is 32.9 Å². The van der Waals surface area contributed by atoms with Crippen molar-refractivity contribution in [2.24, 2.45) is 5.41 Å². The van der Waals surface area contributed by atoms with Crippen LogP contribution in [-0.2, 0) is 23.1 Å². The minimum atomic E-state index is -3.31. The predicted octanol–water partition coefficient (Wildman–Crippen LogP) is 4.57. The average Bonchev–Trinajstić information content (AvgIpc) is 2.46. The molecular formula is C15H22BrO5P. The first-order valence-electron chi connectivity index (χ1n) is 6.78. The van der Waals surface area contributed by atoms with Crippen molar-refractivity contribution in [3.8, 4) is 0 Å². The first-order valence-corrected chi connectivity index (χ1v) is 9.30. The Bertz CT molecular complexity index is 542. The molecule has 0 aliphatic heterocycles. The Balaban J connectivity index is 3.07. The van der Waals surface area contributed by atoms with Gasteiger partial charge in [-0.2, -0.15) is 0 Å². The van der Waals surface area contributed by atoms with Gasteiger partial charge in [0.1, 0.15) is 6.10 Å². The zero-order valence-electron chi connectivity index (χ0n) is 13.5. The zero-order chi connectivity index (χ0) is 17.0. The van der Waals surface area contributed by atoms with Crippen molar-refractivity contribution in [1.29, 1.82) is 0 Å². The van der Waals surface area contributed by atoms with Gasteiger partial charge in [0.2, 0.25) is 0 Å². The molecule has 5 nitrogen and oxygen atoms in total. The Morgan fingerprint density at radius 3 is 2.09 bits per heavy atom. The molecule has 0 aliphatic carbocycles. The number of rotatable bonds is 6. The molecule has 0 fully saturated rings. The van der Waals surface area contributed by atoms with Crippen molar-refractivity contribution >= 4 is 29.5 Å². The van der Waals surface area contributed by atoms with Gasteiger partial charge in [-0.3, -0.25) is 9.36 Å². The lowest BCUT2D eigenvalue weighted by Crippen LogP contribution is -2.26. The minimum Gasteiger partial charge on any atom is -0.456 e. The van der Waals surface area contributed by atoms with Gasteiger partial charge in [-0.1, -0.05) is 28.1 Å². The van der Waals surface area contributed by atoms with Crippen molar-refractivity contribution in [3.63, 3.8) is 0 Å². The van der Waals surface area contributed by atoms with Crippen LogP contribution >= 0.6 is 23.5 Å². The molecule has 22 heavy (non-hydrogen) atoms. The van der Waals surface area contributed by atoms with Crippen molar-refractivity contribution in [3.05, 3.63) is 34.3 Å². The molecule has 1 aromatic rings. The Morgan fingerprint density at radius 2 is 1.68 bits per heavy atom. The number of halogens is 1. The Hall–Kier alpha value is -0.680. The van der Waals surface area contributed by atoms with Gasteiger partial charge in [0, 0.05) is 18.7 Å². The largest absolute Gasteiger partial charge is 0.456 e. The summed E-state index contributed by atoms with van der Waals surface area (Å²) in [5.74, 6) is -0.376. The summed E-state index contributed by atoms with van der Waals surface area (Å²) in [7, 11) is -0.684. The molecule has 0 saturated heterocycles. The average molecular weight is 393 g/mol. The molecule has 0 unspecified atom stereocenters. The fourth-order valence-corrected chi connectivity index (χ4v) is 3.02. The fraction of sp³-hybridized carbons (Fsp3) is 0.533. The third kappa shape index (κ3) is 5.51. The van der Waals surface area contributed by atoms with Crippen LogP contribution in [0.1, 0.15) is 32.4 Å². The minimum absolute atomic E-state index is 0.0382. The van der Waals surface area contributed by atoms with Crippen molar-refractivity contribution < 1.29 is 23.1 Å². The third-order valence-corrected chi connectivity index (χ3v) is 5.47. The molecule has 0 bridgehead atoms. The van der Waals surface area contributed by atoms with Crippen molar-refractivity contribution in [2.45, 2.75) is 26.9 Å². The summed E-state index contributed by atoms with van der Waals surface area (Å²) in [5, 5.41) is 0. The second-order valence-electron chi connectivity index (χ2n) is 5.85. The summed E-state index contributed by atoms with van der Waals surface area (Å²) in [4.78, 5) is 12.2. The number of esters is 1. The van der Waals surface area contributed by atoms with Gasteiger partial charge in [-0.15, -0.1) is 0 Å². The summed E-state index contributed by atoms with van der Waals surface area (Å²) < 4.78 is 28.8. The van der Waals surface area contributed by atoms with Crippen LogP contribution in [0.2, 0.25) is 0 Å². The number of carbonyl (C=O) groups excluding carboxylic acids is 1. The van der Waals surface area contributed by atoms with E-state index in [0.29, 0.717) is 0 Å². The highest BCUT2D eigenvalue weighted by molar-refractivity contribution is 9.10. The smallest absolute Gasteiger partial charge is 0.334 e. The van der Waals surface area contributed by atoms with E-state index in [1.807, 2.05) is 12.1 Å². The van der Waals surface area contributed by atoms with Crippen LogP contribution in [0.15, 0.2) is 28.7 Å². The van der Waals surface area contributed by atoms with Crippen LogP contribution in [0.3, 0.4) is 0 Å². The van der Waals surface area contributed by atoms with Crippen molar-refractivity contribution in [2.75, 3.05) is 20.4 Å². The number of ether oxygens (including phenoxy) is 1. The summed E-state index contributed by atoms with van der Waals surface area (Å²) in [5.41, 5.74) is 0.0766. The molecular weight excluding hydrogens is 371 g/mol. The highest BCUT2D eigenvalue weighted by Crippen LogP contribution is 2.50. The van der Waals surface area contributed by atoms with Crippen LogP contribution in [0.5, 0.6) is 0 Å². The number of benzene rings is 1. The lowest BCUT2D eigenvalue weighted by molar-refractivity contribution is -0.158. The van der Waals surface area contributed by atoms with E-state index in [1.165, 1.54) is 14.2 Å². The second kappa shape index (κ2) is 7.73. The first-order chi connectivity index (χ1) is 10.1. The van der Waals surface area contributed by atoms with E-state index in [2.05, 4.69) is 15.9 Å². The normalized spacial score (nSPS) is 13.7. The van der Waals surface area contributed by atoms with Gasteiger partial charge >= 0.3 is 13.6 Å². The molecule has 0 aliphatic rings. The maximum atomic E-state index is 12.4. The lowest BCUT2D eigenvalue weighted by Gasteiger charge is -2.25. The Morgan fingerprint density at radius 1 is 1.18 bits per heavy atom. The molecule has 124 valence electrons. The zero-order valence-corrected chi connectivity index (χ0v) is 15.9. The number of hydrogen-bond acceptors (Lipinski definition) is 5. The van der Waals surface area contributed by atoms with E-state index < -0.39 is 19.1 Å². The Labute approximate surface area is 140 Å². The summed E-state index contributed by atoms with van der Waals surface area (Å²) in [6.07, 6.45) is -0.741. The summed E-state index contributed by atoms with van der Waals surface area (Å²) in [6, 6.07) is 7.27. The molecule has 0 saturated carbocycles. The Kier molecular flexibility index (Phi) is 6.81. The highest BCUT2D eigenvalue weighted by Gasteiger charge is 2.33. The highest BCUT2D eigenvalue weighted by atomic mass is 79.9. The molecule has 0 N–H and O–H groups in total. The quantitative estimate of drug-likeness (QED) is 0.524. The van der Waals surface area contributed by atoms with E-state index in [-0.39, 0.29) is 12.1 Å². The molecule has 0 amide bonds. The van der Waals surface area contributed by atoms with E-state index >= 15 is 0 Å². The molecule has 0 radical (unpaired) electrons. The van der Waals surface area contributed by atoms with Gasteiger partial charge in [0.25, 0.3) is 0 Å². The van der Waals surface area contributed by atoms with Crippen LogP contribution in [-0.4, -0.2) is 26.4 Å². The van der Waals surface area contributed by atoms with E-state index in [0.717, 1.165) is 10.0 Å². The SMILES string of the molecule is COP(=O)(C[C@H](OC(=O)C(C)(C)C)c1ccc(Br)cc1)OC. The topological polar surface area (TPSA) is 61.8 Å². The van der Waals surface area contributed by atoms with Gasteiger partial charge in [0.05, 0.1) is 11.6 Å². The van der Waals surface area contributed by atoms with Gasteiger partial charge in [-0.05, 0) is 38.5 Å². The van der Waals surface area contributed by atoms with Gasteiger partial charge in [-0.25, -0.2) is 0 Å². The van der Waals surface area contributed by atoms with Crippen LogP contribution < -0.4 is 0 Å². The molecule has 1 rings (SSSR count). The fourth-order valence-electron chi connectivity index (χ4n) is 1.62. The lowest BCUT2D eigenvalue weighted by atomic mass is 9.97. The van der Waals surface area contributed by atoms with E-state index in [4.69, 9.17) is 13.8 Å². The van der Waals surface area contributed by atoms with Gasteiger partial charge < -0.3 is 13.8 Å². The third-order valence-electron chi connectivity index (χ3n) is 3.05. The molecule has 0 aromatic heterocycles. The van der Waals surface area contributed by atoms with Crippen LogP contribution in [0, 0.1) is 5.41 Å². The van der Waals surface area contributed by atoms with Crippen molar-refractivity contribution in [1.82, 2.24) is 0 Å². The maximum Gasteiger partial charge on any atom is 0.334 e. The summed E-state index contributed by atoms with van der Waals surface area (Å²) in [6.45, 7) is 5.29. The predicted molar refractivity (Wildman–Crippen MR) is 88.9 cm³/mol. The number of hydrogen-bond donors (Lipinski definition) is 0. The van der Waals surface area contributed by atoms with E-state index in [9.17, 15) is 9.36 Å². The second-order valence-corrected chi connectivity index (χ2v) is 9.09. The molecule has 0 spiro atoms. The number of carbonyl (C=O) groups is 1. The maximum absolute atomic E-state index is 12.4. The molecule has 0 heterocycles. The molecule has 1 aromatic carbocycles. The van der Waals surface area contributed by atoms with Crippen LogP contribution in [0.4, 0.5) is 0 Å². The molecule has 7 heteroatoms. The molecule has 1 atom stereocenters. The monoisotopic (exact) mass is 392 g/mol. The first kappa shape index (κ1) is 19.4. The standard InChI is InChI=1S/C15H22BrO5P/c1-15(2,3)14(17)21-13(10-22(18,19-4)20-5)11-6-8-12(16)9-7-11/h6-9,13H,10H2,1-5H3/t13-/m0/s1. The van der Waals surface area contributed by atoms with Crippen LogP contribution in [0.25, 0.3) is 0 Å². The summed E-state index contributed by atoms with van der Waals surface area (Å²) >= 11 is 3.35.